The number of nitrogens with one attached hydrogen (secondary N) is 1. The Bertz CT molecular complexity index is 1120. The Morgan fingerprint density at radius 3 is 2.55 bits per heavy atom. The molecule has 1 unspecified atom stereocenters. The summed E-state index contributed by atoms with van der Waals surface area (Å²) < 4.78 is 2.17. The first-order chi connectivity index (χ1) is 15.2. The van der Waals surface area contributed by atoms with Crippen LogP contribution in [0, 0.1) is 0 Å². The van der Waals surface area contributed by atoms with Crippen LogP contribution in [0.15, 0.2) is 85.2 Å². The molecule has 4 nitrogen and oxygen atoms in total. The zero-order chi connectivity index (χ0) is 21.5. The maximum atomic E-state index is 12.8. The molecular weight excluding hydrogens is 382 g/mol. The van der Waals surface area contributed by atoms with Gasteiger partial charge in [-0.05, 0) is 48.1 Å². The van der Waals surface area contributed by atoms with Crippen molar-refractivity contribution in [1.29, 1.82) is 0 Å². The molecule has 0 bridgehead atoms. The summed E-state index contributed by atoms with van der Waals surface area (Å²) in [5, 5.41) is 4.34. The number of benzene rings is 2. The molecule has 4 aromatic rings. The lowest BCUT2D eigenvalue weighted by Gasteiger charge is -2.17. The third kappa shape index (κ3) is 5.40. The Kier molecular flexibility index (Phi) is 6.78. The van der Waals surface area contributed by atoms with Gasteiger partial charge in [-0.3, -0.25) is 9.78 Å². The summed E-state index contributed by atoms with van der Waals surface area (Å²) in [6.45, 7) is 0.608. The molecule has 0 saturated heterocycles. The number of hydrogen-bond donors (Lipinski definition) is 1. The van der Waals surface area contributed by atoms with Crippen molar-refractivity contribution in [2.75, 3.05) is 6.54 Å². The van der Waals surface area contributed by atoms with Crippen LogP contribution in [0.25, 0.3) is 10.9 Å². The van der Waals surface area contributed by atoms with Crippen LogP contribution >= 0.6 is 0 Å². The van der Waals surface area contributed by atoms with Gasteiger partial charge >= 0.3 is 0 Å². The molecule has 0 aliphatic carbocycles. The van der Waals surface area contributed by atoms with E-state index in [1.165, 1.54) is 22.0 Å². The summed E-state index contributed by atoms with van der Waals surface area (Å²) in [6, 6.07) is 24.8. The number of aryl methyl sites for hydroxylation is 2. The number of carbonyl (C=O) groups is 1. The summed E-state index contributed by atoms with van der Waals surface area (Å²) in [7, 11) is 2.08. The topological polar surface area (TPSA) is 46.9 Å². The molecule has 31 heavy (non-hydrogen) atoms. The maximum absolute atomic E-state index is 12.8. The van der Waals surface area contributed by atoms with E-state index in [2.05, 4.69) is 76.6 Å². The zero-order valence-electron chi connectivity index (χ0n) is 18.0. The van der Waals surface area contributed by atoms with Crippen molar-refractivity contribution in [1.82, 2.24) is 14.9 Å². The third-order valence-electron chi connectivity index (χ3n) is 5.85. The second kappa shape index (κ2) is 10.1. The van der Waals surface area contributed by atoms with Crippen LogP contribution in [0.3, 0.4) is 0 Å². The van der Waals surface area contributed by atoms with Crippen molar-refractivity contribution in [3.05, 3.63) is 102 Å². The maximum Gasteiger partial charge on any atom is 0.220 e. The van der Waals surface area contributed by atoms with Gasteiger partial charge in [-0.2, -0.15) is 0 Å². The lowest BCUT2D eigenvalue weighted by molar-refractivity contribution is -0.121. The molecule has 0 spiro atoms. The quantitative estimate of drug-likeness (QED) is 0.419. The summed E-state index contributed by atoms with van der Waals surface area (Å²) >= 11 is 0. The molecule has 2 aromatic heterocycles. The van der Waals surface area contributed by atoms with E-state index in [0.29, 0.717) is 13.0 Å². The van der Waals surface area contributed by atoms with E-state index in [1.54, 1.807) is 6.20 Å². The fourth-order valence-corrected chi connectivity index (χ4v) is 4.22. The van der Waals surface area contributed by atoms with Crippen molar-refractivity contribution in [2.45, 2.75) is 31.6 Å². The fraction of sp³-hybridized carbons (Fsp3) is 0.259. The van der Waals surface area contributed by atoms with E-state index in [9.17, 15) is 4.79 Å². The summed E-state index contributed by atoms with van der Waals surface area (Å²) in [4.78, 5) is 17.2. The molecule has 1 amide bonds. The van der Waals surface area contributed by atoms with Crippen LogP contribution < -0.4 is 5.32 Å². The lowest BCUT2D eigenvalue weighted by Crippen LogP contribution is -2.27. The number of hydrogen-bond acceptors (Lipinski definition) is 2. The summed E-state index contributed by atoms with van der Waals surface area (Å²) in [5.41, 5.74) is 4.77. The standard InChI is InChI=1S/C27H29N3O/c1-30-20-25(24-12-5-6-13-26(24)30)22(15-14-21-9-3-2-4-10-21)19-27(31)29-18-16-23-11-7-8-17-28-23/h2-13,17,20,22H,14-16,18-19H2,1H3,(H,29,31). The molecule has 2 heterocycles. The van der Waals surface area contributed by atoms with Gasteiger partial charge in [0.15, 0.2) is 0 Å². The van der Waals surface area contributed by atoms with Gasteiger partial charge in [-0.25, -0.2) is 0 Å². The highest BCUT2D eigenvalue weighted by Crippen LogP contribution is 2.32. The highest BCUT2D eigenvalue weighted by molar-refractivity contribution is 5.85. The Balaban J connectivity index is 1.47. The Hall–Kier alpha value is -3.40. The number of pyridine rings is 1. The minimum absolute atomic E-state index is 0.0990. The Labute approximate surface area is 183 Å². The van der Waals surface area contributed by atoms with Crippen molar-refractivity contribution in [3.8, 4) is 0 Å². The lowest BCUT2D eigenvalue weighted by atomic mass is 9.89. The van der Waals surface area contributed by atoms with Crippen LogP contribution in [0.5, 0.6) is 0 Å². The second-order valence-electron chi connectivity index (χ2n) is 8.06. The minimum atomic E-state index is 0.0990. The predicted molar refractivity (Wildman–Crippen MR) is 126 cm³/mol. The number of rotatable bonds is 9. The number of para-hydroxylation sites is 1. The molecule has 1 atom stereocenters. The van der Waals surface area contributed by atoms with Gasteiger partial charge in [0.25, 0.3) is 0 Å². The first-order valence-corrected chi connectivity index (χ1v) is 10.9. The Morgan fingerprint density at radius 2 is 1.74 bits per heavy atom. The average Bonchev–Trinajstić information content (AvgIpc) is 3.15. The average molecular weight is 412 g/mol. The fourth-order valence-electron chi connectivity index (χ4n) is 4.22. The number of amides is 1. The van der Waals surface area contributed by atoms with Crippen molar-refractivity contribution in [3.63, 3.8) is 0 Å². The number of carbonyl (C=O) groups excluding carboxylic acids is 1. The first kappa shape index (κ1) is 20.9. The van der Waals surface area contributed by atoms with Crippen LogP contribution in [0.2, 0.25) is 0 Å². The minimum Gasteiger partial charge on any atom is -0.356 e. The highest BCUT2D eigenvalue weighted by atomic mass is 16.1. The van der Waals surface area contributed by atoms with Crippen LogP contribution in [0.1, 0.15) is 35.6 Å². The normalized spacial score (nSPS) is 12.0. The van der Waals surface area contributed by atoms with Crippen molar-refractivity contribution in [2.24, 2.45) is 7.05 Å². The number of nitrogens with zero attached hydrogens (tertiary/aromatic N) is 2. The number of aromatic nitrogens is 2. The van der Waals surface area contributed by atoms with E-state index in [1.807, 2.05) is 24.3 Å². The van der Waals surface area contributed by atoms with Gasteiger partial charge in [0.05, 0.1) is 0 Å². The molecule has 0 radical (unpaired) electrons. The van der Waals surface area contributed by atoms with Crippen LogP contribution in [-0.4, -0.2) is 22.0 Å². The van der Waals surface area contributed by atoms with Gasteiger partial charge in [0.1, 0.15) is 0 Å². The molecule has 4 heteroatoms. The second-order valence-corrected chi connectivity index (χ2v) is 8.06. The zero-order valence-corrected chi connectivity index (χ0v) is 18.0. The molecular formula is C27H29N3O. The molecule has 158 valence electrons. The molecule has 0 saturated carbocycles. The van der Waals surface area contributed by atoms with E-state index in [-0.39, 0.29) is 11.8 Å². The number of fused-ring (bicyclic) bond motifs is 1. The van der Waals surface area contributed by atoms with Crippen LogP contribution in [-0.2, 0) is 24.7 Å². The van der Waals surface area contributed by atoms with Gasteiger partial charge in [-0.15, -0.1) is 0 Å². The van der Waals surface area contributed by atoms with Crippen molar-refractivity contribution < 1.29 is 4.79 Å². The molecule has 2 aromatic carbocycles. The van der Waals surface area contributed by atoms with Gasteiger partial charge < -0.3 is 9.88 Å². The first-order valence-electron chi connectivity index (χ1n) is 10.9. The highest BCUT2D eigenvalue weighted by Gasteiger charge is 2.20. The molecule has 4 rings (SSSR count). The van der Waals surface area contributed by atoms with Crippen LogP contribution in [0.4, 0.5) is 0 Å². The molecule has 0 fully saturated rings. The van der Waals surface area contributed by atoms with Gasteiger partial charge in [0, 0.05) is 55.4 Å². The van der Waals surface area contributed by atoms with Gasteiger partial charge in [-0.1, -0.05) is 54.6 Å². The summed E-state index contributed by atoms with van der Waals surface area (Å²) in [5.74, 6) is 0.267. The molecule has 1 N–H and O–H groups in total. The van der Waals surface area contributed by atoms with E-state index >= 15 is 0 Å². The van der Waals surface area contributed by atoms with Crippen molar-refractivity contribution >= 4 is 16.8 Å². The SMILES string of the molecule is Cn1cc(C(CCc2ccccc2)CC(=O)NCCc2ccccn2)c2ccccc21. The summed E-state index contributed by atoms with van der Waals surface area (Å²) in [6.07, 6.45) is 7.11. The Morgan fingerprint density at radius 1 is 0.968 bits per heavy atom. The van der Waals surface area contributed by atoms with E-state index < -0.39 is 0 Å². The predicted octanol–water partition coefficient (Wildman–Crippen LogP) is 5.04. The smallest absolute Gasteiger partial charge is 0.220 e. The molecule has 0 aliphatic rings. The third-order valence-corrected chi connectivity index (χ3v) is 5.85. The van der Waals surface area contributed by atoms with E-state index in [4.69, 9.17) is 0 Å². The van der Waals surface area contributed by atoms with Gasteiger partial charge in [0.2, 0.25) is 5.91 Å². The molecule has 0 aliphatic heterocycles. The largest absolute Gasteiger partial charge is 0.356 e. The monoisotopic (exact) mass is 411 g/mol. The van der Waals surface area contributed by atoms with E-state index in [0.717, 1.165) is 25.0 Å².